The van der Waals surface area contributed by atoms with E-state index in [0.717, 1.165) is 28.7 Å². The van der Waals surface area contributed by atoms with Crippen LogP contribution < -0.4 is 10.5 Å². The molecule has 0 radical (unpaired) electrons. The second-order valence-electron chi connectivity index (χ2n) is 3.80. The molecule has 0 aliphatic heterocycles. The minimum atomic E-state index is 0.136. The molecule has 3 heteroatoms. The smallest absolute Gasteiger partial charge is 0.134 e. The van der Waals surface area contributed by atoms with E-state index >= 15 is 0 Å². The molecule has 0 saturated carbocycles. The Labute approximate surface area is 88.8 Å². The number of ether oxygens (including phenoxy) is 1. The highest BCUT2D eigenvalue weighted by atomic mass is 16.5. The first-order valence-electron chi connectivity index (χ1n) is 5.00. The van der Waals surface area contributed by atoms with E-state index in [1.807, 2.05) is 25.1 Å². The zero-order valence-electron chi connectivity index (χ0n) is 8.99. The molecule has 3 nitrogen and oxygen atoms in total. The average Bonchev–Trinajstić information content (AvgIpc) is 2.60. The van der Waals surface area contributed by atoms with Crippen LogP contribution in [0.2, 0.25) is 0 Å². The molecule has 1 unspecified atom stereocenters. The fraction of sp³-hybridized carbons (Fsp3) is 0.333. The predicted octanol–water partition coefficient (Wildman–Crippen LogP) is 2.33. The molecule has 0 bridgehead atoms. The molecule has 2 N–H and O–H groups in total. The van der Waals surface area contributed by atoms with Crippen molar-refractivity contribution in [2.75, 3.05) is 7.11 Å². The van der Waals surface area contributed by atoms with Crippen molar-refractivity contribution in [1.82, 2.24) is 0 Å². The van der Waals surface area contributed by atoms with Crippen LogP contribution in [0.4, 0.5) is 0 Å². The SMILES string of the molecule is COc1ccc2occ(CC(C)N)c2c1. The third kappa shape index (κ3) is 1.97. The number of hydrogen-bond donors (Lipinski definition) is 1. The van der Waals surface area contributed by atoms with Gasteiger partial charge in [-0.05, 0) is 37.1 Å². The van der Waals surface area contributed by atoms with Crippen LogP contribution in [-0.4, -0.2) is 13.2 Å². The molecule has 15 heavy (non-hydrogen) atoms. The lowest BCUT2D eigenvalue weighted by atomic mass is 10.1. The number of hydrogen-bond acceptors (Lipinski definition) is 3. The van der Waals surface area contributed by atoms with Gasteiger partial charge in [0.2, 0.25) is 0 Å². The number of rotatable bonds is 3. The van der Waals surface area contributed by atoms with Crippen molar-refractivity contribution < 1.29 is 9.15 Å². The van der Waals surface area contributed by atoms with Crippen LogP contribution in [0, 0.1) is 0 Å². The van der Waals surface area contributed by atoms with E-state index in [4.69, 9.17) is 14.9 Å². The Hall–Kier alpha value is -1.48. The molecular weight excluding hydrogens is 190 g/mol. The Bertz CT molecular complexity index is 460. The van der Waals surface area contributed by atoms with Gasteiger partial charge < -0.3 is 14.9 Å². The quantitative estimate of drug-likeness (QED) is 0.836. The lowest BCUT2D eigenvalue weighted by molar-refractivity contribution is 0.415. The standard InChI is InChI=1S/C12H15NO2/c1-8(13)5-9-7-15-12-4-3-10(14-2)6-11(9)12/h3-4,6-8H,5,13H2,1-2H3. The molecule has 1 atom stereocenters. The first-order valence-corrected chi connectivity index (χ1v) is 5.00. The summed E-state index contributed by atoms with van der Waals surface area (Å²) in [5, 5.41) is 1.09. The zero-order valence-corrected chi connectivity index (χ0v) is 8.99. The Kier molecular flexibility index (Phi) is 2.64. The zero-order chi connectivity index (χ0) is 10.8. The fourth-order valence-corrected chi connectivity index (χ4v) is 1.69. The third-order valence-corrected chi connectivity index (χ3v) is 2.40. The Morgan fingerprint density at radius 3 is 2.93 bits per heavy atom. The lowest BCUT2D eigenvalue weighted by Crippen LogP contribution is -2.17. The van der Waals surface area contributed by atoms with Gasteiger partial charge >= 0.3 is 0 Å². The maximum atomic E-state index is 5.77. The number of furan rings is 1. The van der Waals surface area contributed by atoms with Gasteiger partial charge in [0.15, 0.2) is 0 Å². The van der Waals surface area contributed by atoms with Gasteiger partial charge in [-0.2, -0.15) is 0 Å². The van der Waals surface area contributed by atoms with Crippen LogP contribution in [0.3, 0.4) is 0 Å². The summed E-state index contributed by atoms with van der Waals surface area (Å²) in [5.74, 6) is 0.842. The van der Waals surface area contributed by atoms with E-state index in [2.05, 4.69) is 0 Å². The maximum absolute atomic E-state index is 5.77. The molecule has 80 valence electrons. The normalized spacial score (nSPS) is 13.0. The number of nitrogens with two attached hydrogens (primary N) is 1. The molecule has 0 fully saturated rings. The van der Waals surface area contributed by atoms with Gasteiger partial charge in [-0.25, -0.2) is 0 Å². The topological polar surface area (TPSA) is 48.4 Å². The molecule has 2 aromatic rings. The Balaban J connectivity index is 2.46. The first-order chi connectivity index (χ1) is 7.20. The molecule has 1 heterocycles. The minimum Gasteiger partial charge on any atom is -0.497 e. The highest BCUT2D eigenvalue weighted by Gasteiger charge is 2.08. The summed E-state index contributed by atoms with van der Waals surface area (Å²) >= 11 is 0. The molecule has 2 rings (SSSR count). The number of fused-ring (bicyclic) bond motifs is 1. The molecule has 1 aromatic heterocycles. The van der Waals surface area contributed by atoms with Gasteiger partial charge in [0, 0.05) is 11.4 Å². The van der Waals surface area contributed by atoms with E-state index in [1.54, 1.807) is 13.4 Å². The summed E-state index contributed by atoms with van der Waals surface area (Å²) < 4.78 is 10.6. The van der Waals surface area contributed by atoms with Crippen LogP contribution in [0.15, 0.2) is 28.9 Å². The van der Waals surface area contributed by atoms with E-state index in [1.165, 1.54) is 0 Å². The molecule has 0 spiro atoms. The van der Waals surface area contributed by atoms with Crippen molar-refractivity contribution in [3.63, 3.8) is 0 Å². The second-order valence-corrected chi connectivity index (χ2v) is 3.80. The highest BCUT2D eigenvalue weighted by Crippen LogP contribution is 2.26. The second kappa shape index (κ2) is 3.95. The van der Waals surface area contributed by atoms with E-state index in [9.17, 15) is 0 Å². The molecule has 0 aliphatic carbocycles. The average molecular weight is 205 g/mol. The predicted molar refractivity (Wildman–Crippen MR) is 60.1 cm³/mol. The summed E-state index contributed by atoms with van der Waals surface area (Å²) in [4.78, 5) is 0. The minimum absolute atomic E-state index is 0.136. The monoisotopic (exact) mass is 205 g/mol. The fourth-order valence-electron chi connectivity index (χ4n) is 1.69. The summed E-state index contributed by atoms with van der Waals surface area (Å²) in [5.41, 5.74) is 7.79. The molecular formula is C12H15NO2. The van der Waals surface area contributed by atoms with Crippen LogP contribution in [0.5, 0.6) is 5.75 Å². The molecule has 0 aliphatic rings. The van der Waals surface area contributed by atoms with Gasteiger partial charge in [-0.15, -0.1) is 0 Å². The molecule has 0 saturated heterocycles. The first kappa shape index (κ1) is 10.1. The van der Waals surface area contributed by atoms with Crippen molar-refractivity contribution in [2.24, 2.45) is 5.73 Å². The van der Waals surface area contributed by atoms with Crippen molar-refractivity contribution >= 4 is 11.0 Å². The highest BCUT2D eigenvalue weighted by molar-refractivity contribution is 5.82. The van der Waals surface area contributed by atoms with Crippen molar-refractivity contribution in [3.05, 3.63) is 30.0 Å². The van der Waals surface area contributed by atoms with E-state index < -0.39 is 0 Å². The lowest BCUT2D eigenvalue weighted by Gasteiger charge is -2.03. The van der Waals surface area contributed by atoms with Crippen molar-refractivity contribution in [2.45, 2.75) is 19.4 Å². The largest absolute Gasteiger partial charge is 0.497 e. The van der Waals surface area contributed by atoms with E-state index in [-0.39, 0.29) is 6.04 Å². The summed E-state index contributed by atoms with van der Waals surface area (Å²) in [6.07, 6.45) is 2.59. The van der Waals surface area contributed by atoms with Crippen LogP contribution in [0.25, 0.3) is 11.0 Å². The van der Waals surface area contributed by atoms with Crippen LogP contribution >= 0.6 is 0 Å². The Morgan fingerprint density at radius 2 is 2.27 bits per heavy atom. The van der Waals surface area contributed by atoms with Gasteiger partial charge in [-0.1, -0.05) is 0 Å². The van der Waals surface area contributed by atoms with Gasteiger partial charge in [0.1, 0.15) is 11.3 Å². The van der Waals surface area contributed by atoms with E-state index in [0.29, 0.717) is 0 Å². The number of benzene rings is 1. The van der Waals surface area contributed by atoms with Crippen LogP contribution in [-0.2, 0) is 6.42 Å². The van der Waals surface area contributed by atoms with Gasteiger partial charge in [-0.3, -0.25) is 0 Å². The molecule has 1 aromatic carbocycles. The summed E-state index contributed by atoms with van der Waals surface area (Å²) in [7, 11) is 1.66. The van der Waals surface area contributed by atoms with Crippen LogP contribution in [0.1, 0.15) is 12.5 Å². The number of methoxy groups -OCH3 is 1. The Morgan fingerprint density at radius 1 is 1.47 bits per heavy atom. The van der Waals surface area contributed by atoms with Crippen molar-refractivity contribution in [1.29, 1.82) is 0 Å². The van der Waals surface area contributed by atoms with Gasteiger partial charge in [0.25, 0.3) is 0 Å². The van der Waals surface area contributed by atoms with Crippen molar-refractivity contribution in [3.8, 4) is 5.75 Å². The summed E-state index contributed by atoms with van der Waals surface area (Å²) in [6, 6.07) is 5.92. The summed E-state index contributed by atoms with van der Waals surface area (Å²) in [6.45, 7) is 1.99. The van der Waals surface area contributed by atoms with Gasteiger partial charge in [0.05, 0.1) is 13.4 Å². The maximum Gasteiger partial charge on any atom is 0.134 e. The third-order valence-electron chi connectivity index (χ3n) is 2.40. The molecule has 0 amide bonds.